The molecule has 0 radical (unpaired) electrons. The van der Waals surface area contributed by atoms with Crippen LogP contribution < -0.4 is 5.32 Å². The molecule has 5 nitrogen and oxygen atoms in total. The maximum absolute atomic E-state index is 9.25. The van der Waals surface area contributed by atoms with Gasteiger partial charge in [-0.25, -0.2) is 4.98 Å². The topological polar surface area (TPSA) is 73.8 Å². The molecule has 2 aromatic rings. The summed E-state index contributed by atoms with van der Waals surface area (Å²) in [5.41, 5.74) is 0.908. The second-order valence-corrected chi connectivity index (χ2v) is 4.59. The zero-order valence-corrected chi connectivity index (χ0v) is 10.1. The quantitative estimate of drug-likeness (QED) is 0.755. The third kappa shape index (κ3) is 2.22. The van der Waals surface area contributed by atoms with Gasteiger partial charge in [-0.3, -0.25) is 5.10 Å². The minimum absolute atomic E-state index is 0.253. The van der Waals surface area contributed by atoms with E-state index in [4.69, 9.17) is 0 Å². The van der Waals surface area contributed by atoms with Crippen molar-refractivity contribution in [1.82, 2.24) is 20.5 Å². The van der Waals surface area contributed by atoms with E-state index in [1.165, 1.54) is 12.8 Å². The maximum atomic E-state index is 9.25. The minimum Gasteiger partial charge on any atom is -0.508 e. The molecule has 1 atom stereocenters. The van der Waals surface area contributed by atoms with Gasteiger partial charge >= 0.3 is 0 Å². The molecule has 94 valence electrons. The molecule has 1 aromatic heterocycles. The molecule has 5 heteroatoms. The third-order valence-electron chi connectivity index (χ3n) is 3.27. The van der Waals surface area contributed by atoms with Crippen molar-refractivity contribution in [3.63, 3.8) is 0 Å². The standard InChI is InChI=1S/C13H16N4O/c18-10-6-4-9(5-7-10)12-15-13(17-16-12)11-3-1-2-8-14-11/h4-7,11,14,18H,1-3,8H2,(H,15,16,17). The van der Waals surface area contributed by atoms with Crippen LogP contribution >= 0.6 is 0 Å². The highest BCUT2D eigenvalue weighted by molar-refractivity contribution is 5.55. The second-order valence-electron chi connectivity index (χ2n) is 4.59. The summed E-state index contributed by atoms with van der Waals surface area (Å²) in [6, 6.07) is 7.21. The summed E-state index contributed by atoms with van der Waals surface area (Å²) >= 11 is 0. The van der Waals surface area contributed by atoms with Crippen LogP contribution in [0.3, 0.4) is 0 Å². The minimum atomic E-state index is 0.253. The van der Waals surface area contributed by atoms with E-state index < -0.39 is 0 Å². The van der Waals surface area contributed by atoms with Gasteiger partial charge in [-0.05, 0) is 43.7 Å². The average molecular weight is 244 g/mol. The van der Waals surface area contributed by atoms with E-state index >= 15 is 0 Å². The van der Waals surface area contributed by atoms with Gasteiger partial charge in [-0.15, -0.1) is 0 Å². The van der Waals surface area contributed by atoms with Gasteiger partial charge in [0.2, 0.25) is 0 Å². The van der Waals surface area contributed by atoms with E-state index in [-0.39, 0.29) is 11.8 Å². The number of H-pyrrole nitrogens is 1. The number of aromatic amines is 1. The Morgan fingerprint density at radius 1 is 1.17 bits per heavy atom. The van der Waals surface area contributed by atoms with Crippen LogP contribution in [0.2, 0.25) is 0 Å². The lowest BCUT2D eigenvalue weighted by atomic mass is 10.0. The summed E-state index contributed by atoms with van der Waals surface area (Å²) in [6.45, 7) is 1.04. The lowest BCUT2D eigenvalue weighted by Gasteiger charge is -2.20. The van der Waals surface area contributed by atoms with Gasteiger partial charge in [-0.1, -0.05) is 6.42 Å². The molecule has 1 aliphatic rings. The first-order chi connectivity index (χ1) is 8.83. The molecule has 1 aromatic carbocycles. The molecule has 2 heterocycles. The molecule has 1 saturated heterocycles. The van der Waals surface area contributed by atoms with Crippen molar-refractivity contribution in [2.75, 3.05) is 6.54 Å². The number of rotatable bonds is 2. The maximum Gasteiger partial charge on any atom is 0.181 e. The smallest absolute Gasteiger partial charge is 0.181 e. The first-order valence-electron chi connectivity index (χ1n) is 6.28. The molecular formula is C13H16N4O. The van der Waals surface area contributed by atoms with Crippen molar-refractivity contribution in [2.45, 2.75) is 25.3 Å². The first-order valence-corrected chi connectivity index (χ1v) is 6.28. The summed E-state index contributed by atoms with van der Waals surface area (Å²) < 4.78 is 0. The zero-order chi connectivity index (χ0) is 12.4. The summed E-state index contributed by atoms with van der Waals surface area (Å²) in [5, 5.41) is 19.9. The van der Waals surface area contributed by atoms with Crippen LogP contribution in [0.4, 0.5) is 0 Å². The van der Waals surface area contributed by atoms with Crippen molar-refractivity contribution in [2.24, 2.45) is 0 Å². The van der Waals surface area contributed by atoms with Gasteiger partial charge in [0.25, 0.3) is 0 Å². The van der Waals surface area contributed by atoms with Crippen LogP contribution in [-0.4, -0.2) is 26.8 Å². The molecule has 0 saturated carbocycles. The van der Waals surface area contributed by atoms with E-state index in [9.17, 15) is 5.11 Å². The number of hydrogen-bond donors (Lipinski definition) is 3. The Kier molecular flexibility index (Phi) is 2.98. The highest BCUT2D eigenvalue weighted by atomic mass is 16.3. The monoisotopic (exact) mass is 244 g/mol. The Balaban J connectivity index is 1.82. The van der Waals surface area contributed by atoms with E-state index in [1.807, 2.05) is 12.1 Å². The molecule has 18 heavy (non-hydrogen) atoms. The highest BCUT2D eigenvalue weighted by Crippen LogP contribution is 2.23. The van der Waals surface area contributed by atoms with Crippen LogP contribution in [0.15, 0.2) is 24.3 Å². The fourth-order valence-electron chi connectivity index (χ4n) is 2.25. The van der Waals surface area contributed by atoms with Gasteiger partial charge in [0.05, 0.1) is 6.04 Å². The van der Waals surface area contributed by atoms with Crippen LogP contribution in [0.1, 0.15) is 31.1 Å². The fourth-order valence-corrected chi connectivity index (χ4v) is 2.25. The number of hydrogen-bond acceptors (Lipinski definition) is 4. The van der Waals surface area contributed by atoms with E-state index in [0.29, 0.717) is 5.82 Å². The van der Waals surface area contributed by atoms with Crippen LogP contribution in [0.25, 0.3) is 11.4 Å². The Hall–Kier alpha value is -1.88. The van der Waals surface area contributed by atoms with Crippen LogP contribution in [0.5, 0.6) is 5.75 Å². The normalized spacial score (nSPS) is 19.9. The number of benzene rings is 1. The van der Waals surface area contributed by atoms with E-state index in [2.05, 4.69) is 20.5 Å². The number of nitrogens with zero attached hydrogens (tertiary/aromatic N) is 2. The van der Waals surface area contributed by atoms with Gasteiger partial charge in [-0.2, -0.15) is 5.10 Å². The fraction of sp³-hybridized carbons (Fsp3) is 0.385. The van der Waals surface area contributed by atoms with Crippen molar-refractivity contribution >= 4 is 0 Å². The van der Waals surface area contributed by atoms with Gasteiger partial charge in [0.15, 0.2) is 5.82 Å². The number of piperidine rings is 1. The molecule has 1 aliphatic heterocycles. The van der Waals surface area contributed by atoms with Crippen LogP contribution in [0, 0.1) is 0 Å². The molecule has 0 amide bonds. The Morgan fingerprint density at radius 2 is 2.00 bits per heavy atom. The van der Waals surface area contributed by atoms with Gasteiger partial charge < -0.3 is 10.4 Å². The van der Waals surface area contributed by atoms with Crippen molar-refractivity contribution in [3.8, 4) is 17.1 Å². The number of aromatic nitrogens is 3. The van der Waals surface area contributed by atoms with Crippen LogP contribution in [-0.2, 0) is 0 Å². The molecule has 0 bridgehead atoms. The SMILES string of the molecule is Oc1ccc(-c2n[nH]c(C3CCCCN3)n2)cc1. The molecular weight excluding hydrogens is 228 g/mol. The average Bonchev–Trinajstić information content (AvgIpc) is 2.90. The predicted molar refractivity (Wildman–Crippen MR) is 68.1 cm³/mol. The van der Waals surface area contributed by atoms with Gasteiger partial charge in [0.1, 0.15) is 11.6 Å². The van der Waals surface area contributed by atoms with Crippen molar-refractivity contribution < 1.29 is 5.11 Å². The largest absolute Gasteiger partial charge is 0.508 e. The predicted octanol–water partition coefficient (Wildman–Crippen LogP) is 1.99. The number of aromatic hydroxyl groups is 1. The molecule has 1 fully saturated rings. The lowest BCUT2D eigenvalue weighted by molar-refractivity contribution is 0.398. The summed E-state index contributed by atoms with van der Waals surface area (Å²) in [5.74, 6) is 1.83. The second kappa shape index (κ2) is 4.78. The third-order valence-corrected chi connectivity index (χ3v) is 3.27. The number of nitrogens with one attached hydrogen (secondary N) is 2. The zero-order valence-electron chi connectivity index (χ0n) is 10.1. The highest BCUT2D eigenvalue weighted by Gasteiger charge is 2.18. The molecule has 3 N–H and O–H groups in total. The van der Waals surface area contributed by atoms with Crippen molar-refractivity contribution in [3.05, 3.63) is 30.1 Å². The molecule has 1 unspecified atom stereocenters. The first kappa shape index (κ1) is 11.2. The van der Waals surface area contributed by atoms with Crippen molar-refractivity contribution in [1.29, 1.82) is 0 Å². The summed E-state index contributed by atoms with van der Waals surface area (Å²) in [6.07, 6.45) is 3.56. The summed E-state index contributed by atoms with van der Waals surface area (Å²) in [4.78, 5) is 4.52. The lowest BCUT2D eigenvalue weighted by Crippen LogP contribution is -2.27. The summed E-state index contributed by atoms with van der Waals surface area (Å²) in [7, 11) is 0. The number of phenols is 1. The van der Waals surface area contributed by atoms with E-state index in [0.717, 1.165) is 24.4 Å². The Labute approximate surface area is 105 Å². The Morgan fingerprint density at radius 3 is 2.72 bits per heavy atom. The molecule has 3 rings (SSSR count). The van der Waals surface area contributed by atoms with E-state index in [1.54, 1.807) is 12.1 Å². The Bertz CT molecular complexity index is 514. The van der Waals surface area contributed by atoms with Gasteiger partial charge in [0, 0.05) is 5.56 Å². The number of phenolic OH excluding ortho intramolecular Hbond substituents is 1. The molecule has 0 aliphatic carbocycles. The molecule has 0 spiro atoms.